The van der Waals surface area contributed by atoms with Crippen molar-refractivity contribution in [3.05, 3.63) is 83.8 Å². The molecule has 0 aliphatic carbocycles. The summed E-state index contributed by atoms with van der Waals surface area (Å²) in [6.45, 7) is 4.71. The van der Waals surface area contributed by atoms with Gasteiger partial charge in [0.1, 0.15) is 11.5 Å². The second kappa shape index (κ2) is 9.70. The highest BCUT2D eigenvalue weighted by atomic mass is 32.2. The van der Waals surface area contributed by atoms with E-state index in [1.807, 2.05) is 24.3 Å². The Morgan fingerprint density at radius 1 is 1.06 bits per heavy atom. The van der Waals surface area contributed by atoms with Crippen LogP contribution < -0.4 is 9.50 Å². The predicted molar refractivity (Wildman–Crippen MR) is 119 cm³/mol. The van der Waals surface area contributed by atoms with Crippen molar-refractivity contribution in [1.82, 2.24) is 4.90 Å². The quantitative estimate of drug-likeness (QED) is 0.497. The smallest absolute Gasteiger partial charge is 0.322 e. The molecule has 0 spiro atoms. The van der Waals surface area contributed by atoms with Crippen LogP contribution in [0.25, 0.3) is 0 Å². The monoisotopic (exact) mass is 442 g/mol. The molecule has 0 saturated heterocycles. The van der Waals surface area contributed by atoms with Gasteiger partial charge in [0.05, 0.1) is 19.1 Å². The van der Waals surface area contributed by atoms with Crippen LogP contribution in [0.2, 0.25) is 0 Å². The first-order valence-corrected chi connectivity index (χ1v) is 11.7. The van der Waals surface area contributed by atoms with Crippen LogP contribution in [0.5, 0.6) is 5.75 Å². The molecular weight excluding hydrogens is 416 g/mol. The third-order valence-electron chi connectivity index (χ3n) is 4.56. The third kappa shape index (κ3) is 6.89. The lowest BCUT2D eigenvalue weighted by atomic mass is 10.0. The zero-order valence-electron chi connectivity index (χ0n) is 17.7. The Kier molecular flexibility index (Phi) is 7.02. The molecule has 7 nitrogen and oxygen atoms in total. The van der Waals surface area contributed by atoms with E-state index in [1.165, 1.54) is 5.56 Å². The molecule has 164 valence electrons. The van der Waals surface area contributed by atoms with E-state index in [9.17, 15) is 13.2 Å². The van der Waals surface area contributed by atoms with Crippen molar-refractivity contribution in [2.24, 2.45) is 0 Å². The van der Waals surface area contributed by atoms with Crippen molar-refractivity contribution in [2.75, 3.05) is 11.6 Å². The highest BCUT2D eigenvalue weighted by molar-refractivity contribution is 7.86. The van der Waals surface area contributed by atoms with E-state index in [-0.39, 0.29) is 24.9 Å². The van der Waals surface area contributed by atoms with Gasteiger partial charge in [-0.25, -0.2) is 4.79 Å². The Morgan fingerprint density at radius 2 is 1.81 bits per heavy atom. The fraction of sp³-hybridized carbons (Fsp3) is 0.261. The van der Waals surface area contributed by atoms with Gasteiger partial charge in [0.2, 0.25) is 0 Å². The predicted octanol–water partition coefficient (Wildman–Crippen LogP) is 4.98. The summed E-state index contributed by atoms with van der Waals surface area (Å²) in [7, 11) is -3.64. The standard InChI is InChI=1S/C23H26N2O5S/c1-17(2)19-9-11-20(12-10-19)24-23(26)25(16-22-8-5-13-29-22)15-18-6-4-7-21(14-18)30-31(3,27)28/h4-14,17H,15-16H2,1-3H3,(H,24,26). The Labute approximate surface area is 182 Å². The fourth-order valence-corrected chi connectivity index (χ4v) is 3.49. The zero-order chi connectivity index (χ0) is 22.4. The van der Waals surface area contributed by atoms with Gasteiger partial charge in [-0.15, -0.1) is 0 Å². The number of furan rings is 1. The molecule has 0 aliphatic rings. The summed E-state index contributed by atoms with van der Waals surface area (Å²) in [5.41, 5.74) is 2.60. The number of nitrogens with zero attached hydrogens (tertiary/aromatic N) is 1. The van der Waals surface area contributed by atoms with Gasteiger partial charge in [-0.1, -0.05) is 38.1 Å². The Hall–Kier alpha value is -3.26. The van der Waals surface area contributed by atoms with Crippen LogP contribution in [-0.2, 0) is 23.2 Å². The summed E-state index contributed by atoms with van der Waals surface area (Å²) in [5, 5.41) is 2.91. The number of benzene rings is 2. The largest absolute Gasteiger partial charge is 0.467 e. The van der Waals surface area contributed by atoms with Crippen LogP contribution in [0.1, 0.15) is 36.7 Å². The molecule has 0 bridgehead atoms. The van der Waals surface area contributed by atoms with E-state index in [1.54, 1.807) is 47.6 Å². The van der Waals surface area contributed by atoms with Crippen LogP contribution in [0.15, 0.2) is 71.3 Å². The van der Waals surface area contributed by atoms with Gasteiger partial charge in [0.15, 0.2) is 0 Å². The summed E-state index contributed by atoms with van der Waals surface area (Å²) in [4.78, 5) is 14.6. The molecule has 1 heterocycles. The first-order chi connectivity index (χ1) is 14.7. The SMILES string of the molecule is CC(C)c1ccc(NC(=O)N(Cc2cccc(OS(C)(=O)=O)c2)Cc2ccco2)cc1. The first-order valence-electron chi connectivity index (χ1n) is 9.86. The van der Waals surface area contributed by atoms with Crippen molar-refractivity contribution in [2.45, 2.75) is 32.9 Å². The number of carbonyl (C=O) groups excluding carboxylic acids is 1. The van der Waals surface area contributed by atoms with Crippen LogP contribution in [0.3, 0.4) is 0 Å². The highest BCUT2D eigenvalue weighted by Gasteiger charge is 2.17. The average Bonchev–Trinajstić information content (AvgIpc) is 3.20. The van der Waals surface area contributed by atoms with Gasteiger partial charge < -0.3 is 18.8 Å². The number of hydrogen-bond acceptors (Lipinski definition) is 5. The van der Waals surface area contributed by atoms with Gasteiger partial charge in [-0.3, -0.25) is 0 Å². The minimum Gasteiger partial charge on any atom is -0.467 e. The molecule has 1 aromatic heterocycles. The van der Waals surface area contributed by atoms with Crippen LogP contribution in [0.4, 0.5) is 10.5 Å². The van der Waals surface area contributed by atoms with E-state index in [0.717, 1.165) is 11.8 Å². The van der Waals surface area contributed by atoms with Gasteiger partial charge in [-0.05, 0) is 53.4 Å². The first kappa shape index (κ1) is 22.4. The number of hydrogen-bond donors (Lipinski definition) is 1. The lowest BCUT2D eigenvalue weighted by Gasteiger charge is -2.23. The van der Waals surface area contributed by atoms with E-state index in [2.05, 4.69) is 19.2 Å². The molecule has 0 radical (unpaired) electrons. The Bertz CT molecular complexity index is 1110. The summed E-state index contributed by atoms with van der Waals surface area (Å²) in [5.74, 6) is 1.23. The van der Waals surface area contributed by atoms with Gasteiger partial charge in [0.25, 0.3) is 0 Å². The molecule has 0 atom stereocenters. The molecule has 3 rings (SSSR count). The van der Waals surface area contributed by atoms with Crippen molar-refractivity contribution >= 4 is 21.8 Å². The average molecular weight is 443 g/mol. The molecule has 0 saturated carbocycles. The molecule has 2 amide bonds. The molecule has 1 N–H and O–H groups in total. The Morgan fingerprint density at radius 3 is 2.42 bits per heavy atom. The van der Waals surface area contributed by atoms with Crippen molar-refractivity contribution in [3.63, 3.8) is 0 Å². The lowest BCUT2D eigenvalue weighted by molar-refractivity contribution is 0.201. The lowest BCUT2D eigenvalue weighted by Crippen LogP contribution is -2.34. The molecule has 31 heavy (non-hydrogen) atoms. The Balaban J connectivity index is 1.78. The van der Waals surface area contributed by atoms with Crippen molar-refractivity contribution in [3.8, 4) is 5.75 Å². The van der Waals surface area contributed by atoms with Gasteiger partial charge in [0, 0.05) is 12.2 Å². The van der Waals surface area contributed by atoms with Crippen LogP contribution in [-0.4, -0.2) is 25.6 Å². The number of anilines is 1. The second-order valence-electron chi connectivity index (χ2n) is 7.58. The minimum absolute atomic E-state index is 0.197. The van der Waals surface area contributed by atoms with Gasteiger partial charge >= 0.3 is 16.1 Å². The number of amides is 2. The molecule has 0 unspecified atom stereocenters. The summed E-state index contributed by atoms with van der Waals surface area (Å²) in [6.07, 6.45) is 2.54. The van der Waals surface area contributed by atoms with Gasteiger partial charge in [-0.2, -0.15) is 8.42 Å². The molecule has 8 heteroatoms. The van der Waals surface area contributed by atoms with Crippen molar-refractivity contribution in [1.29, 1.82) is 0 Å². The molecular formula is C23H26N2O5S. The number of carbonyl (C=O) groups is 1. The zero-order valence-corrected chi connectivity index (χ0v) is 18.6. The summed E-state index contributed by atoms with van der Waals surface area (Å²) < 4.78 is 33.2. The summed E-state index contributed by atoms with van der Waals surface area (Å²) >= 11 is 0. The van der Waals surface area contributed by atoms with E-state index >= 15 is 0 Å². The van der Waals surface area contributed by atoms with E-state index < -0.39 is 10.1 Å². The maximum Gasteiger partial charge on any atom is 0.322 e. The second-order valence-corrected chi connectivity index (χ2v) is 9.15. The maximum atomic E-state index is 13.0. The van der Waals surface area contributed by atoms with Crippen molar-refractivity contribution < 1.29 is 21.8 Å². The number of nitrogens with one attached hydrogen (secondary N) is 1. The van der Waals surface area contributed by atoms with E-state index in [0.29, 0.717) is 17.4 Å². The third-order valence-corrected chi connectivity index (χ3v) is 5.06. The molecule has 0 aliphatic heterocycles. The fourth-order valence-electron chi connectivity index (χ4n) is 3.03. The maximum absolute atomic E-state index is 13.0. The van der Waals surface area contributed by atoms with Crippen LogP contribution in [0, 0.1) is 0 Å². The van der Waals surface area contributed by atoms with E-state index in [4.69, 9.17) is 8.60 Å². The normalized spacial score (nSPS) is 11.4. The molecule has 2 aromatic carbocycles. The highest BCUT2D eigenvalue weighted by Crippen LogP contribution is 2.20. The number of urea groups is 1. The molecule has 3 aromatic rings. The molecule has 0 fully saturated rings. The van der Waals surface area contributed by atoms with Crippen LogP contribution >= 0.6 is 0 Å². The minimum atomic E-state index is -3.64. The topological polar surface area (TPSA) is 88.9 Å². The number of rotatable bonds is 8. The summed E-state index contributed by atoms with van der Waals surface area (Å²) in [6, 6.07) is 17.6.